The minimum atomic E-state index is -0.413. The number of carbonyl (C=O) groups excluding carboxylic acids is 1. The van der Waals surface area contributed by atoms with Crippen LogP contribution in [0.1, 0.15) is 28.8 Å². The quantitative estimate of drug-likeness (QED) is 0.618. The highest BCUT2D eigenvalue weighted by atomic mass is 32.2. The Kier molecular flexibility index (Phi) is 6.18. The molecule has 0 spiro atoms. The predicted molar refractivity (Wildman–Crippen MR) is 93.3 cm³/mol. The van der Waals surface area contributed by atoms with Gasteiger partial charge in [-0.25, -0.2) is 4.98 Å². The summed E-state index contributed by atoms with van der Waals surface area (Å²) in [5, 5.41) is 21.0. The maximum atomic E-state index is 12.3. The third-order valence-corrected chi connectivity index (χ3v) is 4.16. The van der Waals surface area contributed by atoms with Crippen LogP contribution in [-0.2, 0) is 0 Å². The fourth-order valence-electron chi connectivity index (χ4n) is 1.92. The van der Waals surface area contributed by atoms with Crippen LogP contribution in [0.2, 0.25) is 0 Å². The molecule has 1 aromatic heterocycles. The molecular formula is C17H15N5OS. The van der Waals surface area contributed by atoms with Gasteiger partial charge in [-0.3, -0.25) is 4.79 Å². The van der Waals surface area contributed by atoms with Crippen molar-refractivity contribution in [3.8, 4) is 12.1 Å². The molecule has 3 N–H and O–H groups in total. The summed E-state index contributed by atoms with van der Waals surface area (Å²) in [6.45, 7) is 0. The minimum Gasteiger partial charge on any atom is -0.383 e. The Balaban J connectivity index is 2.18. The van der Waals surface area contributed by atoms with E-state index in [1.807, 2.05) is 12.1 Å². The lowest BCUT2D eigenvalue weighted by molar-refractivity contribution is 0.102. The number of nitrogens with two attached hydrogens (primary N) is 1. The number of anilines is 2. The lowest BCUT2D eigenvalue weighted by Crippen LogP contribution is -2.15. The van der Waals surface area contributed by atoms with Crippen LogP contribution in [-0.4, -0.2) is 16.6 Å². The number of aromatic nitrogens is 1. The van der Waals surface area contributed by atoms with E-state index in [0.717, 1.165) is 0 Å². The second-order valence-corrected chi connectivity index (χ2v) is 5.90. The molecule has 120 valence electrons. The van der Waals surface area contributed by atoms with Gasteiger partial charge >= 0.3 is 0 Å². The summed E-state index contributed by atoms with van der Waals surface area (Å²) in [5.41, 5.74) is 6.98. The van der Waals surface area contributed by atoms with Crippen LogP contribution in [0.5, 0.6) is 0 Å². The lowest BCUT2D eigenvalue weighted by atomic mass is 10.2. The van der Waals surface area contributed by atoms with Crippen molar-refractivity contribution >= 4 is 29.2 Å². The summed E-state index contributed by atoms with van der Waals surface area (Å²) in [4.78, 5) is 16.5. The maximum absolute atomic E-state index is 12.3. The van der Waals surface area contributed by atoms with Crippen molar-refractivity contribution in [3.63, 3.8) is 0 Å². The number of nitrogens with zero attached hydrogens (tertiary/aromatic N) is 3. The van der Waals surface area contributed by atoms with E-state index >= 15 is 0 Å². The van der Waals surface area contributed by atoms with E-state index in [4.69, 9.17) is 11.0 Å². The Labute approximate surface area is 144 Å². The molecule has 24 heavy (non-hydrogen) atoms. The van der Waals surface area contributed by atoms with Gasteiger partial charge in [-0.1, -0.05) is 18.2 Å². The number of pyridine rings is 1. The van der Waals surface area contributed by atoms with Crippen LogP contribution < -0.4 is 11.1 Å². The van der Waals surface area contributed by atoms with Crippen molar-refractivity contribution < 1.29 is 4.79 Å². The number of nitriles is 2. The van der Waals surface area contributed by atoms with Crippen molar-refractivity contribution in [2.24, 2.45) is 0 Å². The predicted octanol–water partition coefficient (Wildman–Crippen LogP) is 3.18. The standard InChI is InChI=1S/C17H15N5OS/c18-8-4-5-9-24-17-12(11-19)10-14(15(20)22-17)16(23)21-13-6-2-1-3-7-13/h1-3,6-7,10H,4-5,9H2,(H2,20,22)(H,21,23). The molecule has 0 saturated carbocycles. The first kappa shape index (κ1) is 17.3. The number of benzene rings is 1. The largest absolute Gasteiger partial charge is 0.383 e. The molecule has 0 saturated heterocycles. The number of carbonyl (C=O) groups is 1. The zero-order chi connectivity index (χ0) is 17.4. The van der Waals surface area contributed by atoms with Gasteiger partial charge in [0.05, 0.1) is 17.2 Å². The number of unbranched alkanes of at least 4 members (excludes halogenated alkanes) is 1. The van der Waals surface area contributed by atoms with Crippen molar-refractivity contribution in [1.29, 1.82) is 10.5 Å². The molecule has 0 aliphatic carbocycles. The third kappa shape index (κ3) is 4.48. The summed E-state index contributed by atoms with van der Waals surface area (Å²) in [7, 11) is 0. The molecule has 1 amide bonds. The van der Waals surface area contributed by atoms with E-state index in [1.54, 1.807) is 24.3 Å². The number of nitrogens with one attached hydrogen (secondary N) is 1. The molecule has 0 aliphatic heterocycles. The molecule has 0 aliphatic rings. The van der Waals surface area contributed by atoms with E-state index < -0.39 is 5.91 Å². The molecule has 0 fully saturated rings. The highest BCUT2D eigenvalue weighted by Crippen LogP contribution is 2.25. The highest BCUT2D eigenvalue weighted by molar-refractivity contribution is 7.99. The molecule has 7 heteroatoms. The molecule has 6 nitrogen and oxygen atoms in total. The number of hydrogen-bond acceptors (Lipinski definition) is 6. The average Bonchev–Trinajstić information content (AvgIpc) is 2.59. The second-order valence-electron chi connectivity index (χ2n) is 4.82. The minimum absolute atomic E-state index is 0.0743. The first-order valence-corrected chi connectivity index (χ1v) is 8.21. The van der Waals surface area contributed by atoms with Crippen LogP contribution in [0.25, 0.3) is 0 Å². The smallest absolute Gasteiger partial charge is 0.259 e. The molecule has 1 aromatic carbocycles. The summed E-state index contributed by atoms with van der Waals surface area (Å²) in [6.07, 6.45) is 1.14. The Bertz CT molecular complexity index is 808. The molecule has 0 bridgehead atoms. The number of rotatable bonds is 6. The third-order valence-electron chi connectivity index (χ3n) is 3.09. The molecule has 0 radical (unpaired) electrons. The summed E-state index contributed by atoms with van der Waals surface area (Å²) < 4.78 is 0. The van der Waals surface area contributed by atoms with Gasteiger partial charge in [0.25, 0.3) is 5.91 Å². The average molecular weight is 337 g/mol. The van der Waals surface area contributed by atoms with Gasteiger partial charge in [-0.2, -0.15) is 10.5 Å². The molecule has 0 atom stereocenters. The van der Waals surface area contributed by atoms with Crippen molar-refractivity contribution in [1.82, 2.24) is 4.98 Å². The van der Waals surface area contributed by atoms with Crippen LogP contribution >= 0.6 is 11.8 Å². The Hall–Kier alpha value is -3.03. The monoisotopic (exact) mass is 337 g/mol. The summed E-state index contributed by atoms with van der Waals surface area (Å²) in [6, 6.07) is 14.5. The summed E-state index contributed by atoms with van der Waals surface area (Å²) in [5.74, 6) is 0.318. The summed E-state index contributed by atoms with van der Waals surface area (Å²) >= 11 is 1.35. The highest BCUT2D eigenvalue weighted by Gasteiger charge is 2.16. The normalized spacial score (nSPS) is 9.75. The van der Waals surface area contributed by atoms with E-state index in [-0.39, 0.29) is 11.4 Å². The fourth-order valence-corrected chi connectivity index (χ4v) is 2.83. The van der Waals surface area contributed by atoms with Gasteiger partial charge in [0.15, 0.2) is 0 Å². The first-order valence-electron chi connectivity index (χ1n) is 7.22. The fraction of sp³-hybridized carbons (Fsp3) is 0.176. The van der Waals surface area contributed by atoms with Crippen LogP contribution in [0.3, 0.4) is 0 Å². The Morgan fingerprint density at radius 3 is 2.71 bits per heavy atom. The number of hydrogen-bond donors (Lipinski definition) is 2. The van der Waals surface area contributed by atoms with Crippen LogP contribution in [0.4, 0.5) is 11.5 Å². The van der Waals surface area contributed by atoms with Gasteiger partial charge in [0, 0.05) is 17.9 Å². The Morgan fingerprint density at radius 2 is 2.04 bits per heavy atom. The van der Waals surface area contributed by atoms with E-state index in [2.05, 4.69) is 16.4 Å². The van der Waals surface area contributed by atoms with Crippen molar-refractivity contribution in [2.75, 3.05) is 16.8 Å². The zero-order valence-electron chi connectivity index (χ0n) is 12.8. The van der Waals surface area contributed by atoms with E-state index in [0.29, 0.717) is 34.9 Å². The molecule has 2 rings (SSSR count). The molecule has 0 unspecified atom stereocenters. The van der Waals surface area contributed by atoms with Crippen molar-refractivity contribution in [2.45, 2.75) is 17.9 Å². The van der Waals surface area contributed by atoms with E-state index in [9.17, 15) is 10.1 Å². The zero-order valence-corrected chi connectivity index (χ0v) is 13.6. The first-order chi connectivity index (χ1) is 11.7. The van der Waals surface area contributed by atoms with E-state index in [1.165, 1.54) is 17.8 Å². The SMILES string of the molecule is N#CCCCSc1nc(N)c(C(=O)Nc2ccccc2)cc1C#N. The topological polar surface area (TPSA) is 116 Å². The number of para-hydroxylation sites is 1. The van der Waals surface area contributed by atoms with Crippen molar-refractivity contribution in [3.05, 3.63) is 47.5 Å². The van der Waals surface area contributed by atoms with Crippen LogP contribution in [0, 0.1) is 22.7 Å². The van der Waals surface area contributed by atoms with Gasteiger partial charge in [0.2, 0.25) is 0 Å². The molecule has 2 aromatic rings. The Morgan fingerprint density at radius 1 is 1.29 bits per heavy atom. The lowest BCUT2D eigenvalue weighted by Gasteiger charge is -2.10. The van der Waals surface area contributed by atoms with Gasteiger partial charge < -0.3 is 11.1 Å². The van der Waals surface area contributed by atoms with Crippen LogP contribution in [0.15, 0.2) is 41.4 Å². The van der Waals surface area contributed by atoms with Gasteiger partial charge in [-0.05, 0) is 24.6 Å². The van der Waals surface area contributed by atoms with Gasteiger partial charge in [-0.15, -0.1) is 11.8 Å². The molecular weight excluding hydrogens is 322 g/mol. The number of nitrogen functional groups attached to an aromatic ring is 1. The maximum Gasteiger partial charge on any atom is 0.259 e. The number of thioether (sulfide) groups is 1. The molecule has 1 heterocycles. The van der Waals surface area contributed by atoms with Gasteiger partial charge in [0.1, 0.15) is 16.9 Å². The second kappa shape index (κ2) is 8.56. The number of amides is 1.